The average molecular weight is 461 g/mol. The van der Waals surface area contributed by atoms with E-state index in [1.165, 1.54) is 65.9 Å². The van der Waals surface area contributed by atoms with E-state index in [4.69, 9.17) is 0 Å². The van der Waals surface area contributed by atoms with Gasteiger partial charge in [0, 0.05) is 56.7 Å². The molecule has 11 rings (SSSR count). The molecule has 6 heterocycles. The molecule has 0 N–H and O–H groups in total. The molecule has 4 aliphatic heterocycles. The van der Waals surface area contributed by atoms with Crippen molar-refractivity contribution >= 4 is 55.8 Å². The number of hydrogen-bond donors (Lipinski definition) is 0. The number of hydrogen-bond acceptors (Lipinski definition) is 0. The molecule has 2 nitrogen and oxygen atoms in total. The number of para-hydroxylation sites is 2. The molecule has 2 heteroatoms. The Balaban J connectivity index is 1.44. The topological polar surface area (TPSA) is 9.86 Å². The third-order valence-electron chi connectivity index (χ3n) is 7.73. The first kappa shape index (κ1) is 19.7. The molecule has 4 aliphatic rings. The van der Waals surface area contributed by atoms with E-state index in [0.717, 1.165) is 13.1 Å². The van der Waals surface area contributed by atoms with Crippen LogP contribution >= 0.6 is 0 Å². The highest BCUT2D eigenvalue weighted by Gasteiger charge is 2.14. The number of nitrogens with zero attached hydrogens (tertiary/aromatic N) is 2. The largest absolute Gasteiger partial charge is 0.336 e. The fourth-order valence-corrected chi connectivity index (χ4v) is 6.07. The van der Waals surface area contributed by atoms with E-state index in [1.807, 2.05) is 0 Å². The van der Waals surface area contributed by atoms with Crippen molar-refractivity contribution in [2.24, 2.45) is 0 Å². The SMILES string of the molecule is C1=C\c2ccc3c(c2)c2ccccc2n3Cc2cccc(c2)Cn2c3ccccc3c3cc/1ccc32. The van der Waals surface area contributed by atoms with Crippen LogP contribution in [0.25, 0.3) is 55.8 Å². The van der Waals surface area contributed by atoms with Crippen molar-refractivity contribution in [1.29, 1.82) is 0 Å². The van der Waals surface area contributed by atoms with Crippen LogP contribution in [-0.4, -0.2) is 9.13 Å². The second-order valence-corrected chi connectivity index (χ2v) is 9.91. The lowest BCUT2D eigenvalue weighted by Crippen LogP contribution is -2.03. The van der Waals surface area contributed by atoms with E-state index >= 15 is 0 Å². The summed E-state index contributed by atoms with van der Waals surface area (Å²) in [4.78, 5) is 0. The summed E-state index contributed by atoms with van der Waals surface area (Å²) in [7, 11) is 0. The summed E-state index contributed by atoms with van der Waals surface area (Å²) in [6.45, 7) is 1.70. The molecule has 7 aromatic rings. The van der Waals surface area contributed by atoms with Crippen LogP contribution in [0.1, 0.15) is 22.3 Å². The molecule has 0 spiro atoms. The molecular weight excluding hydrogens is 436 g/mol. The van der Waals surface area contributed by atoms with Gasteiger partial charge in [0.2, 0.25) is 0 Å². The molecule has 0 amide bonds. The summed E-state index contributed by atoms with van der Waals surface area (Å²) in [5.74, 6) is 0. The van der Waals surface area contributed by atoms with Gasteiger partial charge in [0.05, 0.1) is 0 Å². The highest BCUT2D eigenvalue weighted by atomic mass is 15.0. The van der Waals surface area contributed by atoms with Gasteiger partial charge in [-0.2, -0.15) is 0 Å². The van der Waals surface area contributed by atoms with Gasteiger partial charge in [-0.25, -0.2) is 0 Å². The van der Waals surface area contributed by atoms with E-state index in [0.29, 0.717) is 0 Å². The fourth-order valence-electron chi connectivity index (χ4n) is 6.07. The number of rotatable bonds is 0. The molecule has 2 aromatic heterocycles. The standard InChI is InChI=1S/C34H24N2/c1-3-10-31-27(8-1)29-19-23-12-13-24-15-17-34-30(20-24)28-9-2-4-11-32(28)36(34)22-26-7-5-6-25(18-26)21-35(31)33(29)16-14-23/h1-20H,21-22H2/b13-12-. The Hall–Kier alpha value is -4.56. The van der Waals surface area contributed by atoms with Gasteiger partial charge in [0.25, 0.3) is 0 Å². The molecule has 0 fully saturated rings. The smallest absolute Gasteiger partial charge is 0.0494 e. The Labute approximate surface area is 209 Å². The molecule has 0 saturated carbocycles. The normalized spacial score (nSPS) is 14.1. The zero-order chi connectivity index (χ0) is 23.6. The lowest BCUT2D eigenvalue weighted by Gasteiger charge is -2.12. The van der Waals surface area contributed by atoms with Gasteiger partial charge in [0.1, 0.15) is 0 Å². The highest BCUT2D eigenvalue weighted by molar-refractivity contribution is 6.10. The van der Waals surface area contributed by atoms with Crippen LogP contribution in [0, 0.1) is 0 Å². The van der Waals surface area contributed by atoms with Crippen molar-refractivity contribution in [3.05, 3.63) is 131 Å². The van der Waals surface area contributed by atoms with Crippen molar-refractivity contribution in [1.82, 2.24) is 9.13 Å². The van der Waals surface area contributed by atoms with Crippen molar-refractivity contribution in [3.8, 4) is 0 Å². The van der Waals surface area contributed by atoms with Crippen LogP contribution in [0.5, 0.6) is 0 Å². The molecule has 0 unspecified atom stereocenters. The van der Waals surface area contributed by atoms with Crippen molar-refractivity contribution in [2.75, 3.05) is 0 Å². The fraction of sp³-hybridized carbons (Fsp3) is 0.0588. The second-order valence-electron chi connectivity index (χ2n) is 9.91. The maximum absolute atomic E-state index is 2.47. The van der Waals surface area contributed by atoms with Gasteiger partial charge in [-0.05, 0) is 58.7 Å². The zero-order valence-corrected chi connectivity index (χ0v) is 19.9. The highest BCUT2D eigenvalue weighted by Crippen LogP contribution is 2.33. The van der Waals surface area contributed by atoms with Crippen LogP contribution < -0.4 is 0 Å². The van der Waals surface area contributed by atoms with Gasteiger partial charge in [0.15, 0.2) is 0 Å². The summed E-state index contributed by atoms with van der Waals surface area (Å²) < 4.78 is 4.93. The van der Waals surface area contributed by atoms with Crippen molar-refractivity contribution < 1.29 is 0 Å². The monoisotopic (exact) mass is 460 g/mol. The van der Waals surface area contributed by atoms with Gasteiger partial charge < -0.3 is 9.13 Å². The van der Waals surface area contributed by atoms with Crippen LogP contribution in [0.4, 0.5) is 0 Å². The first-order valence-corrected chi connectivity index (χ1v) is 12.6. The Kier molecular flexibility index (Phi) is 4.09. The van der Waals surface area contributed by atoms with E-state index in [1.54, 1.807) is 0 Å². The van der Waals surface area contributed by atoms with Crippen LogP contribution in [0.2, 0.25) is 0 Å². The van der Waals surface area contributed by atoms with Crippen molar-refractivity contribution in [3.63, 3.8) is 0 Å². The molecule has 0 radical (unpaired) electrons. The Bertz CT molecular complexity index is 1860. The molecule has 0 atom stereocenters. The summed E-state index contributed by atoms with van der Waals surface area (Å²) in [5.41, 5.74) is 10.2. The quantitative estimate of drug-likeness (QED) is 0.215. The maximum atomic E-state index is 2.47. The zero-order valence-electron chi connectivity index (χ0n) is 19.9. The number of aromatic nitrogens is 2. The van der Waals surface area contributed by atoms with Crippen molar-refractivity contribution in [2.45, 2.75) is 13.1 Å². The number of benzene rings is 5. The third-order valence-corrected chi connectivity index (χ3v) is 7.73. The van der Waals surface area contributed by atoms with E-state index in [-0.39, 0.29) is 0 Å². The lowest BCUT2D eigenvalue weighted by atomic mass is 10.1. The predicted molar refractivity (Wildman–Crippen MR) is 152 cm³/mol. The Morgan fingerprint density at radius 3 is 1.39 bits per heavy atom. The van der Waals surface area contributed by atoms with E-state index < -0.39 is 0 Å². The summed E-state index contributed by atoms with van der Waals surface area (Å²) in [6.07, 6.45) is 4.49. The summed E-state index contributed by atoms with van der Waals surface area (Å²) >= 11 is 0. The summed E-state index contributed by atoms with van der Waals surface area (Å²) in [6, 6.07) is 40.4. The van der Waals surface area contributed by atoms with Crippen LogP contribution in [0.15, 0.2) is 109 Å². The molecule has 10 bridgehead atoms. The molecule has 5 aromatic carbocycles. The second kappa shape index (κ2) is 7.47. The first-order valence-electron chi connectivity index (χ1n) is 12.6. The van der Waals surface area contributed by atoms with Crippen LogP contribution in [-0.2, 0) is 13.1 Å². The molecule has 36 heavy (non-hydrogen) atoms. The minimum atomic E-state index is 0.850. The molecule has 170 valence electrons. The van der Waals surface area contributed by atoms with E-state index in [9.17, 15) is 0 Å². The lowest BCUT2D eigenvalue weighted by molar-refractivity contribution is 0.844. The maximum Gasteiger partial charge on any atom is 0.0494 e. The number of fused-ring (bicyclic) bond motifs is 2. The predicted octanol–water partition coefficient (Wildman–Crippen LogP) is 8.48. The minimum Gasteiger partial charge on any atom is -0.336 e. The Morgan fingerprint density at radius 2 is 0.861 bits per heavy atom. The third kappa shape index (κ3) is 2.91. The van der Waals surface area contributed by atoms with Crippen LogP contribution in [0.3, 0.4) is 0 Å². The molecule has 0 saturated heterocycles. The van der Waals surface area contributed by atoms with Gasteiger partial charge in [-0.15, -0.1) is 0 Å². The summed E-state index contributed by atoms with van der Waals surface area (Å²) in [5, 5.41) is 5.24. The first-order chi connectivity index (χ1) is 17.8. The van der Waals surface area contributed by atoms with Gasteiger partial charge in [-0.1, -0.05) is 84.9 Å². The Morgan fingerprint density at radius 1 is 0.389 bits per heavy atom. The molecular formula is C34H24N2. The minimum absolute atomic E-state index is 0.850. The van der Waals surface area contributed by atoms with Gasteiger partial charge in [-0.3, -0.25) is 0 Å². The van der Waals surface area contributed by atoms with E-state index in [2.05, 4.69) is 130 Å². The average Bonchev–Trinajstić information content (AvgIpc) is 3.40. The van der Waals surface area contributed by atoms with Gasteiger partial charge >= 0.3 is 0 Å². The molecule has 0 aliphatic carbocycles.